The first-order valence-corrected chi connectivity index (χ1v) is 6.20. The Balaban J connectivity index is 2.76. The number of nitrogens with zero attached hydrogens (tertiary/aromatic N) is 2. The lowest BCUT2D eigenvalue weighted by Gasteiger charge is -2.19. The molecule has 0 unspecified atom stereocenters. The molecule has 0 saturated heterocycles. The van der Waals surface area contributed by atoms with Crippen molar-refractivity contribution in [2.75, 3.05) is 34.3 Å². The van der Waals surface area contributed by atoms with Crippen LogP contribution in [0, 0.1) is 17.7 Å². The summed E-state index contributed by atoms with van der Waals surface area (Å²) in [6, 6.07) is 4.49. The summed E-state index contributed by atoms with van der Waals surface area (Å²) in [7, 11) is 5.19. The standard InChI is InChI=1S/C15H19FN2O2/c1-17(2)15(20)11-18(3)10-13-7-12(5-4-6-19)8-14(16)9-13/h7-9,19H,6,10-11H2,1-3H3. The second kappa shape index (κ2) is 7.63. The Hall–Kier alpha value is -1.90. The van der Waals surface area contributed by atoms with E-state index in [0.717, 1.165) is 5.56 Å². The molecule has 0 aliphatic rings. The number of aliphatic hydroxyl groups excluding tert-OH is 1. The monoisotopic (exact) mass is 278 g/mol. The largest absolute Gasteiger partial charge is 0.384 e. The molecule has 0 bridgehead atoms. The van der Waals surface area contributed by atoms with E-state index in [4.69, 9.17) is 5.11 Å². The van der Waals surface area contributed by atoms with E-state index in [-0.39, 0.29) is 24.9 Å². The summed E-state index contributed by atoms with van der Waals surface area (Å²) < 4.78 is 13.5. The number of hydrogen-bond acceptors (Lipinski definition) is 3. The Kier molecular flexibility index (Phi) is 6.16. The Morgan fingerprint density at radius 3 is 2.60 bits per heavy atom. The molecule has 1 aromatic rings. The van der Waals surface area contributed by atoms with Gasteiger partial charge in [0, 0.05) is 26.2 Å². The van der Waals surface area contributed by atoms with Crippen molar-refractivity contribution in [1.82, 2.24) is 9.80 Å². The third-order valence-corrected chi connectivity index (χ3v) is 2.63. The molecule has 5 heteroatoms. The molecule has 4 nitrogen and oxygen atoms in total. The molecule has 20 heavy (non-hydrogen) atoms. The molecule has 1 N–H and O–H groups in total. The summed E-state index contributed by atoms with van der Waals surface area (Å²) in [5.74, 6) is 4.77. The van der Waals surface area contributed by atoms with E-state index in [9.17, 15) is 9.18 Å². The summed E-state index contributed by atoms with van der Waals surface area (Å²) in [6.07, 6.45) is 0. The van der Waals surface area contributed by atoms with Crippen LogP contribution in [0.4, 0.5) is 4.39 Å². The predicted octanol–water partition coefficient (Wildman–Crippen LogP) is 0.689. The number of aliphatic hydroxyl groups is 1. The van der Waals surface area contributed by atoms with Crippen LogP contribution in [0.3, 0.4) is 0 Å². The molecule has 1 rings (SSSR count). The van der Waals surface area contributed by atoms with E-state index >= 15 is 0 Å². The Labute approximate surface area is 118 Å². The van der Waals surface area contributed by atoms with Crippen LogP contribution in [-0.4, -0.2) is 55.1 Å². The number of rotatable bonds is 4. The highest BCUT2D eigenvalue weighted by molar-refractivity contribution is 5.77. The topological polar surface area (TPSA) is 43.8 Å². The lowest BCUT2D eigenvalue weighted by molar-refractivity contribution is -0.129. The van der Waals surface area contributed by atoms with Crippen molar-refractivity contribution in [3.8, 4) is 11.8 Å². The van der Waals surface area contributed by atoms with E-state index in [1.54, 1.807) is 32.1 Å². The van der Waals surface area contributed by atoms with Crippen LogP contribution < -0.4 is 0 Å². The number of benzene rings is 1. The minimum absolute atomic E-state index is 0.0100. The van der Waals surface area contributed by atoms with Crippen LogP contribution >= 0.6 is 0 Å². The van der Waals surface area contributed by atoms with Gasteiger partial charge in [0.1, 0.15) is 12.4 Å². The van der Waals surface area contributed by atoms with E-state index in [2.05, 4.69) is 11.8 Å². The zero-order chi connectivity index (χ0) is 15.1. The highest BCUT2D eigenvalue weighted by atomic mass is 19.1. The summed E-state index contributed by atoms with van der Waals surface area (Å²) in [6.45, 7) is 0.454. The summed E-state index contributed by atoms with van der Waals surface area (Å²) >= 11 is 0. The maximum Gasteiger partial charge on any atom is 0.236 e. The molecule has 108 valence electrons. The molecule has 0 atom stereocenters. The molecule has 0 fully saturated rings. The minimum atomic E-state index is -0.378. The fraction of sp³-hybridized carbons (Fsp3) is 0.400. The van der Waals surface area contributed by atoms with Gasteiger partial charge in [-0.25, -0.2) is 4.39 Å². The smallest absolute Gasteiger partial charge is 0.236 e. The molecule has 0 radical (unpaired) electrons. The Bertz CT molecular complexity index is 532. The van der Waals surface area contributed by atoms with Crippen LogP contribution in [0.2, 0.25) is 0 Å². The quantitative estimate of drug-likeness (QED) is 0.824. The summed E-state index contributed by atoms with van der Waals surface area (Å²) in [5.41, 5.74) is 1.25. The van der Waals surface area contributed by atoms with Crippen molar-refractivity contribution < 1.29 is 14.3 Å². The molecular weight excluding hydrogens is 259 g/mol. The van der Waals surface area contributed by atoms with Gasteiger partial charge < -0.3 is 10.0 Å². The Morgan fingerprint density at radius 2 is 2.00 bits per heavy atom. The maximum atomic E-state index is 13.5. The van der Waals surface area contributed by atoms with Gasteiger partial charge in [-0.2, -0.15) is 0 Å². The molecule has 0 saturated carbocycles. The predicted molar refractivity (Wildman–Crippen MR) is 75.4 cm³/mol. The molecule has 1 amide bonds. The first-order chi connectivity index (χ1) is 9.42. The average Bonchev–Trinajstić information content (AvgIpc) is 2.35. The molecule has 0 aliphatic carbocycles. The first kappa shape index (κ1) is 16.2. The van der Waals surface area contributed by atoms with Crippen molar-refractivity contribution in [2.45, 2.75) is 6.54 Å². The highest BCUT2D eigenvalue weighted by Crippen LogP contribution is 2.10. The van der Waals surface area contributed by atoms with Crippen molar-refractivity contribution >= 4 is 5.91 Å². The van der Waals surface area contributed by atoms with E-state index < -0.39 is 0 Å². The van der Waals surface area contributed by atoms with Crippen molar-refractivity contribution in [2.24, 2.45) is 0 Å². The van der Waals surface area contributed by atoms with Gasteiger partial charge in [0.2, 0.25) is 5.91 Å². The van der Waals surface area contributed by atoms with Gasteiger partial charge >= 0.3 is 0 Å². The van der Waals surface area contributed by atoms with Gasteiger partial charge in [-0.15, -0.1) is 0 Å². The van der Waals surface area contributed by atoms with E-state index in [0.29, 0.717) is 12.1 Å². The summed E-state index contributed by atoms with van der Waals surface area (Å²) in [4.78, 5) is 14.9. The van der Waals surface area contributed by atoms with Gasteiger partial charge in [-0.1, -0.05) is 11.8 Å². The van der Waals surface area contributed by atoms with Gasteiger partial charge in [0.15, 0.2) is 0 Å². The number of amides is 1. The zero-order valence-corrected chi connectivity index (χ0v) is 12.0. The highest BCUT2D eigenvalue weighted by Gasteiger charge is 2.09. The van der Waals surface area contributed by atoms with Crippen molar-refractivity contribution in [1.29, 1.82) is 0 Å². The van der Waals surface area contributed by atoms with Crippen LogP contribution in [0.1, 0.15) is 11.1 Å². The number of hydrogen-bond donors (Lipinski definition) is 1. The van der Waals surface area contributed by atoms with Gasteiger partial charge in [-0.3, -0.25) is 9.69 Å². The lowest BCUT2D eigenvalue weighted by atomic mass is 10.1. The summed E-state index contributed by atoms with van der Waals surface area (Å²) in [5, 5.41) is 8.64. The molecular formula is C15H19FN2O2. The molecule has 0 aromatic heterocycles. The lowest BCUT2D eigenvalue weighted by Crippen LogP contribution is -2.34. The second-order valence-corrected chi connectivity index (χ2v) is 4.77. The number of carbonyl (C=O) groups is 1. The SMILES string of the molecule is CN(CC(=O)N(C)C)Cc1cc(F)cc(C#CCO)c1. The zero-order valence-electron chi connectivity index (χ0n) is 12.0. The van der Waals surface area contributed by atoms with Gasteiger partial charge in [0.05, 0.1) is 6.54 Å². The molecule has 1 aromatic carbocycles. The van der Waals surface area contributed by atoms with Crippen LogP contribution in [0.5, 0.6) is 0 Å². The average molecular weight is 278 g/mol. The van der Waals surface area contributed by atoms with Crippen molar-refractivity contribution in [3.63, 3.8) is 0 Å². The molecule has 0 heterocycles. The second-order valence-electron chi connectivity index (χ2n) is 4.77. The van der Waals surface area contributed by atoms with Gasteiger partial charge in [0.25, 0.3) is 0 Å². The van der Waals surface area contributed by atoms with Crippen LogP contribution in [0.15, 0.2) is 18.2 Å². The van der Waals surface area contributed by atoms with Crippen LogP contribution in [0.25, 0.3) is 0 Å². The third-order valence-electron chi connectivity index (χ3n) is 2.63. The van der Waals surface area contributed by atoms with E-state index in [1.807, 2.05) is 0 Å². The van der Waals surface area contributed by atoms with E-state index in [1.165, 1.54) is 17.0 Å². The Morgan fingerprint density at radius 1 is 1.30 bits per heavy atom. The normalized spacial score (nSPS) is 10.1. The fourth-order valence-electron chi connectivity index (χ4n) is 1.70. The number of carbonyl (C=O) groups excluding carboxylic acids is 1. The first-order valence-electron chi connectivity index (χ1n) is 6.20. The minimum Gasteiger partial charge on any atom is -0.384 e. The maximum absolute atomic E-state index is 13.5. The molecule has 0 aliphatic heterocycles. The number of halogens is 1. The molecule has 0 spiro atoms. The third kappa shape index (κ3) is 5.39. The van der Waals surface area contributed by atoms with Crippen molar-refractivity contribution in [3.05, 3.63) is 35.1 Å². The van der Waals surface area contributed by atoms with Gasteiger partial charge in [-0.05, 0) is 30.8 Å². The number of likely N-dealkylation sites (N-methyl/N-ethyl adjacent to an activating group) is 2. The van der Waals surface area contributed by atoms with Crippen LogP contribution in [-0.2, 0) is 11.3 Å². The fourth-order valence-corrected chi connectivity index (χ4v) is 1.70.